The van der Waals surface area contributed by atoms with Gasteiger partial charge in [-0.25, -0.2) is 4.68 Å². The summed E-state index contributed by atoms with van der Waals surface area (Å²) in [6.07, 6.45) is 0. The molecule has 2 amide bonds. The first-order valence-electron chi connectivity index (χ1n) is 8.62. The van der Waals surface area contributed by atoms with E-state index in [1.54, 1.807) is 22.9 Å². The molecule has 0 saturated heterocycles. The smallest absolute Gasteiger partial charge is 0.276 e. The Kier molecular flexibility index (Phi) is 4.52. The summed E-state index contributed by atoms with van der Waals surface area (Å²) in [6.45, 7) is 3.81. The normalized spacial score (nSPS) is 12.8. The molecule has 1 aliphatic rings. The van der Waals surface area contributed by atoms with Crippen molar-refractivity contribution in [3.63, 3.8) is 0 Å². The molecule has 0 bridgehead atoms. The number of halogens is 1. The van der Waals surface area contributed by atoms with Crippen LogP contribution in [0.3, 0.4) is 0 Å². The lowest BCUT2D eigenvalue weighted by molar-refractivity contribution is -0.118. The standard InChI is InChI=1S/C20H17ClN4O3/c1-11-3-5-13(6-4-11)25-12(2)7-17(24-25)20(27)23-15-9-18-16(8-14(15)21)22-19(26)10-28-18/h3-9H,10H2,1-2H3,(H,22,26)(H,23,27). The number of ether oxygens (including phenoxy) is 1. The molecule has 0 spiro atoms. The molecule has 142 valence electrons. The third-order valence-electron chi connectivity index (χ3n) is 4.35. The number of rotatable bonds is 3. The minimum atomic E-state index is -0.393. The molecule has 0 fully saturated rings. The van der Waals surface area contributed by atoms with Crippen molar-refractivity contribution < 1.29 is 14.3 Å². The zero-order valence-corrected chi connectivity index (χ0v) is 16.0. The summed E-state index contributed by atoms with van der Waals surface area (Å²) in [4.78, 5) is 24.1. The molecule has 0 aliphatic carbocycles. The maximum absolute atomic E-state index is 12.7. The van der Waals surface area contributed by atoms with Gasteiger partial charge in [0.25, 0.3) is 11.8 Å². The monoisotopic (exact) mass is 396 g/mol. The van der Waals surface area contributed by atoms with Crippen LogP contribution in [0.25, 0.3) is 5.69 Å². The largest absolute Gasteiger partial charge is 0.482 e. The fraction of sp³-hybridized carbons (Fsp3) is 0.150. The van der Waals surface area contributed by atoms with Gasteiger partial charge in [0.1, 0.15) is 5.75 Å². The average Bonchev–Trinajstić information content (AvgIpc) is 3.05. The quantitative estimate of drug-likeness (QED) is 0.706. The predicted molar refractivity (Wildman–Crippen MR) is 107 cm³/mol. The third kappa shape index (κ3) is 3.44. The second kappa shape index (κ2) is 7.01. The van der Waals surface area contributed by atoms with Crippen molar-refractivity contribution in [1.29, 1.82) is 0 Å². The highest BCUT2D eigenvalue weighted by Gasteiger charge is 2.20. The zero-order chi connectivity index (χ0) is 19.8. The van der Waals surface area contributed by atoms with E-state index in [0.29, 0.717) is 17.1 Å². The van der Waals surface area contributed by atoms with E-state index >= 15 is 0 Å². The van der Waals surface area contributed by atoms with Crippen molar-refractivity contribution in [2.45, 2.75) is 13.8 Å². The number of aromatic nitrogens is 2. The Hall–Kier alpha value is -3.32. The van der Waals surface area contributed by atoms with Gasteiger partial charge in [0.2, 0.25) is 0 Å². The van der Waals surface area contributed by atoms with Crippen LogP contribution in [0.4, 0.5) is 11.4 Å². The summed E-state index contributed by atoms with van der Waals surface area (Å²) in [5, 5.41) is 10.1. The average molecular weight is 397 g/mol. The predicted octanol–water partition coefficient (Wildman–Crippen LogP) is 3.73. The van der Waals surface area contributed by atoms with Gasteiger partial charge in [-0.2, -0.15) is 5.10 Å². The number of hydrogen-bond donors (Lipinski definition) is 2. The van der Waals surface area contributed by atoms with Crippen molar-refractivity contribution >= 4 is 34.8 Å². The van der Waals surface area contributed by atoms with Crippen molar-refractivity contribution in [2.24, 2.45) is 0 Å². The first kappa shape index (κ1) is 18.1. The Morgan fingerprint density at radius 3 is 2.71 bits per heavy atom. The molecule has 3 aromatic rings. The maximum atomic E-state index is 12.7. The molecular weight excluding hydrogens is 380 g/mol. The molecule has 28 heavy (non-hydrogen) atoms. The lowest BCUT2D eigenvalue weighted by atomic mass is 10.2. The van der Waals surface area contributed by atoms with Gasteiger partial charge in [-0.3, -0.25) is 9.59 Å². The fourth-order valence-electron chi connectivity index (χ4n) is 2.91. The highest BCUT2D eigenvalue weighted by molar-refractivity contribution is 6.34. The van der Waals surface area contributed by atoms with Crippen molar-refractivity contribution in [2.75, 3.05) is 17.2 Å². The minimum Gasteiger partial charge on any atom is -0.482 e. The second-order valence-electron chi connectivity index (χ2n) is 6.54. The molecule has 0 saturated carbocycles. The lowest BCUT2D eigenvalue weighted by Crippen LogP contribution is -2.25. The van der Waals surface area contributed by atoms with Crippen LogP contribution in [0.1, 0.15) is 21.7 Å². The van der Waals surface area contributed by atoms with Crippen LogP contribution in [0.5, 0.6) is 5.75 Å². The summed E-state index contributed by atoms with van der Waals surface area (Å²) in [7, 11) is 0. The summed E-state index contributed by atoms with van der Waals surface area (Å²) in [5.74, 6) is -0.200. The summed E-state index contributed by atoms with van der Waals surface area (Å²) in [6, 6.07) is 12.7. The summed E-state index contributed by atoms with van der Waals surface area (Å²) < 4.78 is 7.08. The number of anilines is 2. The molecule has 8 heteroatoms. The number of carbonyl (C=O) groups is 2. The number of aryl methyl sites for hydroxylation is 2. The van der Waals surface area contributed by atoms with Crippen molar-refractivity contribution in [1.82, 2.24) is 9.78 Å². The first-order valence-corrected chi connectivity index (χ1v) is 9.00. The van der Waals surface area contributed by atoms with E-state index in [4.69, 9.17) is 16.3 Å². The highest BCUT2D eigenvalue weighted by Crippen LogP contribution is 2.36. The van der Waals surface area contributed by atoms with Gasteiger partial charge in [0.05, 0.1) is 22.1 Å². The number of nitrogens with zero attached hydrogens (tertiary/aromatic N) is 2. The molecule has 1 aliphatic heterocycles. The Labute approximate surface area is 166 Å². The lowest BCUT2D eigenvalue weighted by Gasteiger charge is -2.19. The van der Waals surface area contributed by atoms with Crippen LogP contribution in [-0.2, 0) is 4.79 Å². The number of nitrogens with one attached hydrogen (secondary N) is 2. The number of amides is 2. The molecule has 2 aromatic carbocycles. The van der Waals surface area contributed by atoms with Crippen LogP contribution < -0.4 is 15.4 Å². The van der Waals surface area contributed by atoms with Gasteiger partial charge in [-0.1, -0.05) is 29.3 Å². The van der Waals surface area contributed by atoms with Gasteiger partial charge in [-0.15, -0.1) is 0 Å². The van der Waals surface area contributed by atoms with Crippen LogP contribution in [0.15, 0.2) is 42.5 Å². The van der Waals surface area contributed by atoms with Crippen LogP contribution in [0.2, 0.25) is 5.02 Å². The van der Waals surface area contributed by atoms with E-state index in [-0.39, 0.29) is 23.2 Å². The molecule has 4 rings (SSSR count). The molecule has 1 aromatic heterocycles. The van der Waals surface area contributed by atoms with E-state index in [0.717, 1.165) is 16.9 Å². The van der Waals surface area contributed by atoms with Crippen LogP contribution >= 0.6 is 11.6 Å². The number of fused-ring (bicyclic) bond motifs is 1. The molecule has 0 unspecified atom stereocenters. The second-order valence-corrected chi connectivity index (χ2v) is 6.94. The maximum Gasteiger partial charge on any atom is 0.276 e. The van der Waals surface area contributed by atoms with Crippen molar-refractivity contribution in [3.05, 3.63) is 64.4 Å². The van der Waals surface area contributed by atoms with E-state index in [9.17, 15) is 9.59 Å². The molecule has 2 heterocycles. The molecule has 2 N–H and O–H groups in total. The molecule has 0 atom stereocenters. The Balaban J connectivity index is 1.58. The number of carbonyl (C=O) groups excluding carboxylic acids is 2. The molecular formula is C20H17ClN4O3. The highest BCUT2D eigenvalue weighted by atomic mass is 35.5. The van der Waals surface area contributed by atoms with E-state index in [1.807, 2.05) is 38.1 Å². The van der Waals surface area contributed by atoms with Gasteiger partial charge >= 0.3 is 0 Å². The summed E-state index contributed by atoms with van der Waals surface area (Å²) >= 11 is 6.24. The SMILES string of the molecule is Cc1ccc(-n2nc(C(=O)Nc3cc4c(cc3Cl)NC(=O)CO4)cc2C)cc1. The van der Waals surface area contributed by atoms with E-state index < -0.39 is 5.91 Å². The topological polar surface area (TPSA) is 85.3 Å². The summed E-state index contributed by atoms with van der Waals surface area (Å²) in [5.41, 5.74) is 3.96. The van der Waals surface area contributed by atoms with E-state index in [2.05, 4.69) is 15.7 Å². The Morgan fingerprint density at radius 1 is 1.21 bits per heavy atom. The first-order chi connectivity index (χ1) is 13.4. The van der Waals surface area contributed by atoms with Gasteiger partial charge in [0.15, 0.2) is 12.3 Å². The van der Waals surface area contributed by atoms with Crippen LogP contribution in [0, 0.1) is 13.8 Å². The van der Waals surface area contributed by atoms with Gasteiger partial charge in [-0.05, 0) is 38.1 Å². The Bertz CT molecular complexity index is 1090. The molecule has 0 radical (unpaired) electrons. The minimum absolute atomic E-state index is 0.0812. The molecule has 7 nitrogen and oxygen atoms in total. The fourth-order valence-corrected chi connectivity index (χ4v) is 3.13. The Morgan fingerprint density at radius 2 is 1.96 bits per heavy atom. The van der Waals surface area contributed by atoms with Crippen LogP contribution in [-0.4, -0.2) is 28.2 Å². The zero-order valence-electron chi connectivity index (χ0n) is 15.2. The van der Waals surface area contributed by atoms with Gasteiger partial charge < -0.3 is 15.4 Å². The van der Waals surface area contributed by atoms with Gasteiger partial charge in [0, 0.05) is 11.8 Å². The van der Waals surface area contributed by atoms with E-state index in [1.165, 1.54) is 0 Å². The number of benzene rings is 2. The number of hydrogen-bond acceptors (Lipinski definition) is 4. The van der Waals surface area contributed by atoms with Crippen molar-refractivity contribution in [3.8, 4) is 11.4 Å². The third-order valence-corrected chi connectivity index (χ3v) is 4.66.